The molecule has 1 N–H and O–H groups in total. The molecule has 116 valence electrons. The number of amides is 1. The molecule has 0 aliphatic rings. The maximum absolute atomic E-state index is 13.3. The van der Waals surface area contributed by atoms with E-state index in [0.717, 1.165) is 5.56 Å². The minimum Gasteiger partial charge on any atom is -0.489 e. The first-order chi connectivity index (χ1) is 10.7. The number of nitrogens with one attached hydrogen (secondary N) is 1. The Morgan fingerprint density at radius 1 is 1.05 bits per heavy atom. The molecule has 0 unspecified atom stereocenters. The van der Waals surface area contributed by atoms with Crippen LogP contribution in [0.25, 0.3) is 0 Å². The lowest BCUT2D eigenvalue weighted by Crippen LogP contribution is -2.32. The summed E-state index contributed by atoms with van der Waals surface area (Å²) in [5, 5.41) is 2.65. The van der Waals surface area contributed by atoms with Crippen molar-refractivity contribution in [3.63, 3.8) is 0 Å². The van der Waals surface area contributed by atoms with Gasteiger partial charge in [-0.05, 0) is 30.7 Å². The second kappa shape index (κ2) is 8.02. The van der Waals surface area contributed by atoms with Crippen molar-refractivity contribution in [3.8, 4) is 11.5 Å². The highest BCUT2D eigenvalue weighted by molar-refractivity contribution is 5.77. The van der Waals surface area contributed by atoms with Crippen molar-refractivity contribution in [1.82, 2.24) is 5.32 Å². The zero-order valence-electron chi connectivity index (χ0n) is 12.3. The number of rotatable bonds is 7. The number of ether oxygens (including phenoxy) is 2. The maximum Gasteiger partial charge on any atom is 0.258 e. The summed E-state index contributed by atoms with van der Waals surface area (Å²) in [7, 11) is 0. The van der Waals surface area contributed by atoms with Crippen LogP contribution in [0.1, 0.15) is 5.56 Å². The fourth-order valence-corrected chi connectivity index (χ4v) is 1.83. The van der Waals surface area contributed by atoms with Crippen molar-refractivity contribution in [2.24, 2.45) is 0 Å². The van der Waals surface area contributed by atoms with Gasteiger partial charge < -0.3 is 14.8 Å². The molecule has 0 heterocycles. The van der Waals surface area contributed by atoms with E-state index in [1.165, 1.54) is 6.07 Å². The van der Waals surface area contributed by atoms with Crippen LogP contribution in [0.15, 0.2) is 48.5 Å². The molecule has 0 saturated heterocycles. The normalized spacial score (nSPS) is 10.1. The number of benzene rings is 2. The van der Waals surface area contributed by atoms with Gasteiger partial charge in [-0.2, -0.15) is 0 Å². The van der Waals surface area contributed by atoms with E-state index in [1.54, 1.807) is 18.2 Å². The summed E-state index contributed by atoms with van der Waals surface area (Å²) in [5.74, 6) is 0.185. The van der Waals surface area contributed by atoms with Gasteiger partial charge in [-0.15, -0.1) is 0 Å². The Bertz CT molecular complexity index is 631. The Morgan fingerprint density at radius 2 is 1.73 bits per heavy atom. The number of carbonyl (C=O) groups excluding carboxylic acids is 1. The van der Waals surface area contributed by atoms with Gasteiger partial charge >= 0.3 is 0 Å². The van der Waals surface area contributed by atoms with Crippen molar-refractivity contribution in [2.45, 2.75) is 6.92 Å². The highest BCUT2D eigenvalue weighted by Gasteiger charge is 2.05. The topological polar surface area (TPSA) is 47.6 Å². The molecule has 0 aliphatic carbocycles. The number of halogens is 1. The molecular weight excluding hydrogens is 285 g/mol. The zero-order chi connectivity index (χ0) is 15.8. The van der Waals surface area contributed by atoms with Crippen LogP contribution in [-0.4, -0.2) is 25.7 Å². The van der Waals surface area contributed by atoms with Crippen molar-refractivity contribution >= 4 is 5.91 Å². The van der Waals surface area contributed by atoms with E-state index in [4.69, 9.17) is 9.47 Å². The van der Waals surface area contributed by atoms with Gasteiger partial charge in [0, 0.05) is 0 Å². The number of hydrogen-bond donors (Lipinski definition) is 1. The third-order valence-corrected chi connectivity index (χ3v) is 2.97. The maximum atomic E-state index is 13.3. The lowest BCUT2D eigenvalue weighted by molar-refractivity contribution is -0.123. The summed E-state index contributed by atoms with van der Waals surface area (Å²) in [6, 6.07) is 13.6. The Morgan fingerprint density at radius 3 is 2.45 bits per heavy atom. The van der Waals surface area contributed by atoms with Crippen molar-refractivity contribution in [1.29, 1.82) is 0 Å². The Balaban J connectivity index is 1.66. The van der Waals surface area contributed by atoms with E-state index in [9.17, 15) is 9.18 Å². The van der Waals surface area contributed by atoms with Gasteiger partial charge in [-0.25, -0.2) is 4.39 Å². The molecule has 5 heteroatoms. The van der Waals surface area contributed by atoms with Crippen molar-refractivity contribution in [3.05, 3.63) is 59.9 Å². The van der Waals surface area contributed by atoms with E-state index in [0.29, 0.717) is 5.75 Å². The fraction of sp³-hybridized carbons (Fsp3) is 0.235. The first kappa shape index (κ1) is 15.8. The molecule has 2 aromatic carbocycles. The zero-order valence-corrected chi connectivity index (χ0v) is 12.3. The molecule has 0 bridgehead atoms. The quantitative estimate of drug-likeness (QED) is 0.800. The summed E-state index contributed by atoms with van der Waals surface area (Å²) in [4.78, 5) is 11.6. The predicted molar refractivity (Wildman–Crippen MR) is 81.6 cm³/mol. The van der Waals surface area contributed by atoms with Crippen LogP contribution in [0, 0.1) is 12.7 Å². The molecule has 0 aliphatic heterocycles. The minimum absolute atomic E-state index is 0.0649. The predicted octanol–water partition coefficient (Wildman–Crippen LogP) is 2.71. The standard InChI is InChI=1S/C17H18FNO3/c1-13-6-2-4-8-15(13)22-12-17(20)19-10-11-21-16-9-5-3-7-14(16)18/h2-9H,10-12H2,1H3,(H,19,20). The first-order valence-corrected chi connectivity index (χ1v) is 6.99. The average molecular weight is 303 g/mol. The van der Waals surface area contributed by atoms with Gasteiger partial charge in [-0.3, -0.25) is 4.79 Å². The molecule has 0 radical (unpaired) electrons. The van der Waals surface area contributed by atoms with Gasteiger partial charge in [0.05, 0.1) is 6.54 Å². The Kier molecular flexibility index (Phi) is 5.77. The average Bonchev–Trinajstić information content (AvgIpc) is 2.52. The molecule has 2 aromatic rings. The SMILES string of the molecule is Cc1ccccc1OCC(=O)NCCOc1ccccc1F. The number of aryl methyl sites for hydroxylation is 1. The van der Waals surface area contributed by atoms with Crippen LogP contribution >= 0.6 is 0 Å². The summed E-state index contributed by atoms with van der Waals surface area (Å²) < 4.78 is 23.9. The monoisotopic (exact) mass is 303 g/mol. The first-order valence-electron chi connectivity index (χ1n) is 6.99. The highest BCUT2D eigenvalue weighted by atomic mass is 19.1. The van der Waals surface area contributed by atoms with Crippen molar-refractivity contribution in [2.75, 3.05) is 19.8 Å². The number of carbonyl (C=O) groups is 1. The van der Waals surface area contributed by atoms with Crippen molar-refractivity contribution < 1.29 is 18.7 Å². The van der Waals surface area contributed by atoms with E-state index >= 15 is 0 Å². The van der Waals surface area contributed by atoms with Gasteiger partial charge in [-0.1, -0.05) is 30.3 Å². The van der Waals surface area contributed by atoms with E-state index in [2.05, 4.69) is 5.32 Å². The summed E-state index contributed by atoms with van der Waals surface area (Å²) >= 11 is 0. The van der Waals surface area contributed by atoms with Gasteiger partial charge in [0.15, 0.2) is 18.2 Å². The molecule has 4 nitrogen and oxygen atoms in total. The van der Waals surface area contributed by atoms with Crippen LogP contribution < -0.4 is 14.8 Å². The van der Waals surface area contributed by atoms with Crippen LogP contribution in [0.3, 0.4) is 0 Å². The summed E-state index contributed by atoms with van der Waals surface area (Å²) in [5.41, 5.74) is 0.971. The second-order valence-corrected chi connectivity index (χ2v) is 4.68. The lowest BCUT2D eigenvalue weighted by atomic mass is 10.2. The van der Waals surface area contributed by atoms with Crippen LogP contribution in [0.5, 0.6) is 11.5 Å². The van der Waals surface area contributed by atoms with E-state index in [-0.39, 0.29) is 31.4 Å². The smallest absolute Gasteiger partial charge is 0.258 e. The highest BCUT2D eigenvalue weighted by Crippen LogP contribution is 2.16. The van der Waals surface area contributed by atoms with Crippen LogP contribution in [0.2, 0.25) is 0 Å². The molecule has 1 amide bonds. The molecule has 0 saturated carbocycles. The molecule has 22 heavy (non-hydrogen) atoms. The Hall–Kier alpha value is -2.56. The Labute approximate surface area is 128 Å². The third kappa shape index (κ3) is 4.77. The van der Waals surface area contributed by atoms with E-state index < -0.39 is 5.82 Å². The summed E-state index contributed by atoms with van der Waals surface area (Å²) in [6.45, 7) is 2.32. The van der Waals surface area contributed by atoms with Gasteiger partial charge in [0.25, 0.3) is 5.91 Å². The number of hydrogen-bond acceptors (Lipinski definition) is 3. The molecule has 0 spiro atoms. The fourth-order valence-electron chi connectivity index (χ4n) is 1.83. The molecular formula is C17H18FNO3. The van der Waals surface area contributed by atoms with E-state index in [1.807, 2.05) is 31.2 Å². The lowest BCUT2D eigenvalue weighted by Gasteiger charge is -2.10. The number of para-hydroxylation sites is 2. The molecule has 0 atom stereocenters. The molecule has 0 fully saturated rings. The largest absolute Gasteiger partial charge is 0.489 e. The molecule has 0 aromatic heterocycles. The molecule has 2 rings (SSSR count). The second-order valence-electron chi connectivity index (χ2n) is 4.68. The van der Waals surface area contributed by atoms with Crippen LogP contribution in [-0.2, 0) is 4.79 Å². The van der Waals surface area contributed by atoms with Gasteiger partial charge in [0.1, 0.15) is 12.4 Å². The third-order valence-electron chi connectivity index (χ3n) is 2.97. The van der Waals surface area contributed by atoms with Gasteiger partial charge in [0.2, 0.25) is 0 Å². The minimum atomic E-state index is -0.420. The summed E-state index contributed by atoms with van der Waals surface area (Å²) in [6.07, 6.45) is 0. The van der Waals surface area contributed by atoms with Crippen LogP contribution in [0.4, 0.5) is 4.39 Å².